The lowest BCUT2D eigenvalue weighted by molar-refractivity contribution is 1.15. The number of hydrogen-bond donors (Lipinski definition) is 0. The van der Waals surface area contributed by atoms with Gasteiger partial charge in [-0.3, -0.25) is 9.20 Å². The Hall–Kier alpha value is -8.66. The SMILES string of the molecule is C=C/C=c1\c(=C)c2ccccc2c2c(-c3ccccc3)c3c(c(-c4ccccc4)c12)-c1ccc2c4ccc5c(=O)n6c7cccc8cccc(nc6c6ccc(c9ccc-3c1c29)c4c56)c87. The first-order chi connectivity index (χ1) is 32.1. The van der Waals surface area contributed by atoms with Gasteiger partial charge in [-0.1, -0.05) is 171 Å². The summed E-state index contributed by atoms with van der Waals surface area (Å²) in [7, 11) is 0. The molecule has 0 aliphatic heterocycles. The third-order valence-corrected chi connectivity index (χ3v) is 14.7. The number of rotatable bonds is 3. The smallest absolute Gasteiger partial charge is 0.264 e. The van der Waals surface area contributed by atoms with Crippen LogP contribution in [0.2, 0.25) is 0 Å². The van der Waals surface area contributed by atoms with Crippen molar-refractivity contribution >= 4 is 116 Å². The number of hydrogen-bond acceptors (Lipinski definition) is 2. The Bertz CT molecular complexity index is 4660. The first-order valence-electron chi connectivity index (χ1n) is 22.2. The van der Waals surface area contributed by atoms with Gasteiger partial charge in [0.15, 0.2) is 0 Å². The molecule has 0 atom stereocenters. The largest absolute Gasteiger partial charge is 0.268 e. The van der Waals surface area contributed by atoms with Crippen LogP contribution in [0, 0.1) is 0 Å². The zero-order valence-electron chi connectivity index (χ0n) is 35.0. The minimum absolute atomic E-state index is 0.0445. The van der Waals surface area contributed by atoms with Gasteiger partial charge in [-0.15, -0.1) is 0 Å². The van der Waals surface area contributed by atoms with Crippen molar-refractivity contribution in [2.24, 2.45) is 0 Å². The first kappa shape index (κ1) is 34.9. The molecule has 0 bridgehead atoms. The fraction of sp³-hybridized carbons (Fsp3) is 0. The maximum absolute atomic E-state index is 14.9. The molecule has 2 aromatic heterocycles. The van der Waals surface area contributed by atoms with E-state index in [1.807, 2.05) is 28.7 Å². The van der Waals surface area contributed by atoms with E-state index in [1.54, 1.807) is 0 Å². The molecule has 3 nitrogen and oxygen atoms in total. The Morgan fingerprint density at radius 1 is 0.431 bits per heavy atom. The van der Waals surface area contributed by atoms with Crippen LogP contribution in [0.25, 0.3) is 160 Å². The Balaban J connectivity index is 1.15. The van der Waals surface area contributed by atoms with E-state index in [-0.39, 0.29) is 5.56 Å². The molecule has 0 saturated heterocycles. The van der Waals surface area contributed by atoms with Crippen LogP contribution in [0.1, 0.15) is 0 Å². The minimum Gasteiger partial charge on any atom is -0.268 e. The molecule has 298 valence electrons. The van der Waals surface area contributed by atoms with Gasteiger partial charge in [0.05, 0.1) is 11.0 Å². The van der Waals surface area contributed by atoms with Gasteiger partial charge in [0.1, 0.15) is 5.65 Å². The molecule has 65 heavy (non-hydrogen) atoms. The molecule has 0 N–H and O–H groups in total. The third-order valence-electron chi connectivity index (χ3n) is 14.7. The van der Waals surface area contributed by atoms with E-state index in [2.05, 4.69) is 164 Å². The Morgan fingerprint density at radius 3 is 1.62 bits per heavy atom. The number of aromatic nitrogens is 2. The average molecular weight is 823 g/mol. The van der Waals surface area contributed by atoms with Crippen molar-refractivity contribution in [3.63, 3.8) is 0 Å². The highest BCUT2D eigenvalue weighted by atomic mass is 16.1. The predicted molar refractivity (Wildman–Crippen MR) is 276 cm³/mol. The maximum Gasteiger partial charge on any atom is 0.264 e. The second kappa shape index (κ2) is 12.3. The third kappa shape index (κ3) is 4.21. The van der Waals surface area contributed by atoms with Gasteiger partial charge < -0.3 is 0 Å². The fourth-order valence-electron chi connectivity index (χ4n) is 12.2. The lowest BCUT2D eigenvalue weighted by atomic mass is 9.80. The molecule has 12 aromatic carbocycles. The summed E-state index contributed by atoms with van der Waals surface area (Å²) in [5.41, 5.74) is 12.1. The van der Waals surface area contributed by atoms with E-state index in [9.17, 15) is 4.79 Å². The second-order valence-corrected chi connectivity index (χ2v) is 17.7. The summed E-state index contributed by atoms with van der Waals surface area (Å²) in [5, 5.41) is 19.8. The monoisotopic (exact) mass is 822 g/mol. The van der Waals surface area contributed by atoms with Gasteiger partial charge in [0.25, 0.3) is 5.56 Å². The molecular weight excluding hydrogens is 789 g/mol. The highest BCUT2D eigenvalue weighted by Crippen LogP contribution is 2.60. The van der Waals surface area contributed by atoms with Gasteiger partial charge >= 0.3 is 0 Å². The topological polar surface area (TPSA) is 34.4 Å². The average Bonchev–Trinajstić information content (AvgIpc) is 3.69. The summed E-state index contributed by atoms with van der Waals surface area (Å²) in [6.45, 7) is 8.99. The molecule has 0 saturated carbocycles. The van der Waals surface area contributed by atoms with Crippen molar-refractivity contribution in [2.45, 2.75) is 0 Å². The van der Waals surface area contributed by atoms with E-state index in [4.69, 9.17) is 11.6 Å². The van der Waals surface area contributed by atoms with Gasteiger partial charge in [-0.05, 0) is 144 Å². The molecule has 3 heteroatoms. The van der Waals surface area contributed by atoms with Crippen molar-refractivity contribution in [1.29, 1.82) is 0 Å². The molecule has 1 aliphatic rings. The predicted octanol–water partition coefficient (Wildman–Crippen LogP) is 14.3. The molecule has 15 rings (SSSR count). The fourth-order valence-corrected chi connectivity index (χ4v) is 12.2. The van der Waals surface area contributed by atoms with Crippen molar-refractivity contribution in [3.8, 4) is 44.5 Å². The number of benzene rings is 12. The van der Waals surface area contributed by atoms with E-state index in [1.165, 1.54) is 76.6 Å². The zero-order valence-corrected chi connectivity index (χ0v) is 35.0. The second-order valence-electron chi connectivity index (χ2n) is 17.7. The molecular formula is C62H34N2O. The van der Waals surface area contributed by atoms with Gasteiger partial charge in [0, 0.05) is 21.5 Å². The molecule has 0 radical (unpaired) electrons. The van der Waals surface area contributed by atoms with Crippen LogP contribution in [0.3, 0.4) is 0 Å². The Morgan fingerprint density at radius 2 is 0.954 bits per heavy atom. The molecule has 2 heterocycles. The normalized spacial score (nSPS) is 12.9. The van der Waals surface area contributed by atoms with E-state index in [0.717, 1.165) is 70.1 Å². The lowest BCUT2D eigenvalue weighted by Crippen LogP contribution is -2.26. The van der Waals surface area contributed by atoms with E-state index >= 15 is 0 Å². The van der Waals surface area contributed by atoms with Gasteiger partial charge in [-0.2, -0.15) is 0 Å². The number of fused-ring (bicyclic) bond motifs is 11. The summed E-state index contributed by atoms with van der Waals surface area (Å²) in [6, 6.07) is 61.1. The number of allylic oxidation sites excluding steroid dienone is 1. The maximum atomic E-state index is 14.9. The van der Waals surface area contributed by atoms with Crippen molar-refractivity contribution in [1.82, 2.24) is 9.38 Å². The number of nitrogens with zero attached hydrogens (tertiary/aromatic N) is 2. The summed E-state index contributed by atoms with van der Waals surface area (Å²) in [4.78, 5) is 20.1. The highest BCUT2D eigenvalue weighted by molar-refractivity contribution is 6.42. The van der Waals surface area contributed by atoms with Gasteiger partial charge in [-0.25, -0.2) is 4.98 Å². The van der Waals surface area contributed by atoms with Crippen LogP contribution in [-0.2, 0) is 0 Å². The van der Waals surface area contributed by atoms with Crippen molar-refractivity contribution in [3.05, 3.63) is 203 Å². The summed E-state index contributed by atoms with van der Waals surface area (Å²) >= 11 is 0. The van der Waals surface area contributed by atoms with Crippen LogP contribution in [0.4, 0.5) is 0 Å². The Labute approximate surface area is 371 Å². The van der Waals surface area contributed by atoms with Crippen LogP contribution in [-0.4, -0.2) is 9.38 Å². The van der Waals surface area contributed by atoms with Crippen molar-refractivity contribution < 1.29 is 0 Å². The van der Waals surface area contributed by atoms with Crippen LogP contribution < -0.4 is 16.0 Å². The molecule has 1 aliphatic carbocycles. The Kier molecular flexibility index (Phi) is 6.59. The molecule has 0 amide bonds. The first-order valence-corrected chi connectivity index (χ1v) is 22.2. The van der Waals surface area contributed by atoms with Crippen LogP contribution in [0.5, 0.6) is 0 Å². The summed E-state index contributed by atoms with van der Waals surface area (Å²) in [5.74, 6) is 0. The molecule has 0 fully saturated rings. The van der Waals surface area contributed by atoms with E-state index in [0.29, 0.717) is 11.0 Å². The zero-order chi connectivity index (χ0) is 42.8. The van der Waals surface area contributed by atoms with E-state index < -0.39 is 0 Å². The number of pyridine rings is 1. The van der Waals surface area contributed by atoms with Crippen molar-refractivity contribution in [2.75, 3.05) is 0 Å². The van der Waals surface area contributed by atoms with Gasteiger partial charge in [0.2, 0.25) is 0 Å². The summed E-state index contributed by atoms with van der Waals surface area (Å²) in [6.07, 6.45) is 4.06. The molecule has 0 spiro atoms. The van der Waals surface area contributed by atoms with Crippen LogP contribution >= 0.6 is 0 Å². The standard InChI is InChI=1S/C62H34N2O/c1-3-14-38-33(2)37-21-10-11-22-39(37)58-52(36-17-8-5-9-18-36)60-45-30-25-40-42-27-31-46-56-47(62(65)64-49-24-13-20-34-19-12-23-48(50(34)49)63-61(46)64)32-28-43(54(42)56)41-26-29-44(55(45)53(40)41)59(60)51(57(38)58)35-15-6-4-7-16-35/h3-32H,1-2H2/b38-14+. The molecule has 14 aromatic rings. The highest BCUT2D eigenvalue weighted by Gasteiger charge is 2.33. The quantitative estimate of drug-likeness (QED) is 0.131. The lowest BCUT2D eigenvalue weighted by Gasteiger charge is -2.22. The molecule has 0 unspecified atom stereocenters. The van der Waals surface area contributed by atoms with Crippen LogP contribution in [0.15, 0.2) is 187 Å². The summed E-state index contributed by atoms with van der Waals surface area (Å²) < 4.78 is 1.84. The minimum atomic E-state index is -0.0445.